The zero-order chi connectivity index (χ0) is 32.9. The fourth-order valence-electron chi connectivity index (χ4n) is 5.26. The predicted molar refractivity (Wildman–Crippen MR) is 197 cm³/mol. The highest BCUT2D eigenvalue weighted by atomic mass is 16.3. The third kappa shape index (κ3) is 33.3. The van der Waals surface area contributed by atoms with E-state index in [0.717, 1.165) is 57.8 Å². The van der Waals surface area contributed by atoms with E-state index in [1.54, 1.807) is 6.08 Å². The summed E-state index contributed by atoms with van der Waals surface area (Å²) in [6, 6.07) is -0.646. The summed E-state index contributed by atoms with van der Waals surface area (Å²) in [6.07, 6.45) is 50.2. The molecule has 0 bridgehead atoms. The summed E-state index contributed by atoms with van der Waals surface area (Å²) in [7, 11) is 0. The van der Waals surface area contributed by atoms with Crippen molar-refractivity contribution in [3.8, 4) is 0 Å². The van der Waals surface area contributed by atoms with Gasteiger partial charge >= 0.3 is 0 Å². The Kier molecular flexibility index (Phi) is 35.0. The number of hydrogen-bond acceptors (Lipinski definition) is 3. The van der Waals surface area contributed by atoms with Crippen molar-refractivity contribution in [1.29, 1.82) is 0 Å². The Morgan fingerprint density at radius 2 is 0.933 bits per heavy atom. The second-order valence-electron chi connectivity index (χ2n) is 12.6. The Hall–Kier alpha value is -1.91. The van der Waals surface area contributed by atoms with Crippen LogP contribution in [0.4, 0.5) is 0 Å². The SMILES string of the molecule is CCCCC/C=C\C/C=C\C/C=C\CCCCCCCCC(=O)NC(CO)C(O)/C=C/CC/C=C/CCCCCCCCCC. The Bertz CT molecular complexity index is 767. The zero-order valence-corrected chi connectivity index (χ0v) is 29.6. The number of aliphatic hydroxyl groups excluding tert-OH is 2. The first kappa shape index (κ1) is 43.1. The number of rotatable bonds is 33. The van der Waals surface area contributed by atoms with Gasteiger partial charge in [0, 0.05) is 6.42 Å². The number of aliphatic hydroxyl groups is 2. The molecular formula is C41H73NO3. The van der Waals surface area contributed by atoms with Gasteiger partial charge in [-0.3, -0.25) is 4.79 Å². The molecule has 45 heavy (non-hydrogen) atoms. The smallest absolute Gasteiger partial charge is 0.220 e. The summed E-state index contributed by atoms with van der Waals surface area (Å²) in [5.74, 6) is -0.0902. The second kappa shape index (κ2) is 36.6. The summed E-state index contributed by atoms with van der Waals surface area (Å²) >= 11 is 0. The van der Waals surface area contributed by atoms with E-state index in [-0.39, 0.29) is 12.5 Å². The van der Waals surface area contributed by atoms with Crippen molar-refractivity contribution >= 4 is 5.91 Å². The number of unbranched alkanes of at least 4 members (excludes halogenated alkanes) is 18. The van der Waals surface area contributed by atoms with Gasteiger partial charge in [0.2, 0.25) is 5.91 Å². The number of amides is 1. The summed E-state index contributed by atoms with van der Waals surface area (Å²) in [5, 5.41) is 22.9. The van der Waals surface area contributed by atoms with Gasteiger partial charge in [-0.15, -0.1) is 0 Å². The molecule has 0 fully saturated rings. The lowest BCUT2D eigenvalue weighted by atomic mass is 10.1. The van der Waals surface area contributed by atoms with Crippen LogP contribution >= 0.6 is 0 Å². The van der Waals surface area contributed by atoms with Gasteiger partial charge in [0.05, 0.1) is 18.8 Å². The zero-order valence-electron chi connectivity index (χ0n) is 29.6. The standard InChI is InChI=1S/C41H73NO3/c1-3-5-7-9-11-13-15-17-19-20-21-22-23-25-27-29-31-33-35-37-41(45)42-39(38-43)40(44)36-34-32-30-28-26-24-18-16-14-12-10-8-6-4-2/h11,13,17,19,21-22,26,28,34,36,39-40,43-44H,3-10,12,14-16,18,20,23-25,27,29-33,35,37-38H2,1-2H3,(H,42,45)/b13-11-,19-17-,22-21-,28-26+,36-34+. The second-order valence-corrected chi connectivity index (χ2v) is 12.6. The topological polar surface area (TPSA) is 69.6 Å². The first-order valence-electron chi connectivity index (χ1n) is 19.0. The lowest BCUT2D eigenvalue weighted by Gasteiger charge is -2.19. The molecule has 4 nitrogen and oxygen atoms in total. The normalized spacial score (nSPS) is 13.8. The van der Waals surface area contributed by atoms with Crippen LogP contribution in [0, 0.1) is 0 Å². The first-order chi connectivity index (χ1) is 22.2. The van der Waals surface area contributed by atoms with E-state index in [9.17, 15) is 15.0 Å². The minimum Gasteiger partial charge on any atom is -0.394 e. The lowest BCUT2D eigenvalue weighted by Crippen LogP contribution is -2.45. The monoisotopic (exact) mass is 628 g/mol. The molecule has 2 unspecified atom stereocenters. The average Bonchev–Trinajstić information content (AvgIpc) is 3.04. The summed E-state index contributed by atoms with van der Waals surface area (Å²) in [6.45, 7) is 4.24. The van der Waals surface area contributed by atoms with Gasteiger partial charge in [-0.2, -0.15) is 0 Å². The quantitative estimate of drug-likeness (QED) is 0.0501. The molecular weight excluding hydrogens is 554 g/mol. The largest absolute Gasteiger partial charge is 0.394 e. The van der Waals surface area contributed by atoms with E-state index in [1.807, 2.05) is 6.08 Å². The molecule has 260 valence electrons. The molecule has 0 aromatic rings. The van der Waals surface area contributed by atoms with Crippen molar-refractivity contribution < 1.29 is 15.0 Å². The Balaban J connectivity index is 3.71. The maximum Gasteiger partial charge on any atom is 0.220 e. The van der Waals surface area contributed by atoms with Gasteiger partial charge in [-0.25, -0.2) is 0 Å². The maximum absolute atomic E-state index is 12.3. The number of allylic oxidation sites excluding steroid dienone is 9. The molecule has 0 rings (SSSR count). The van der Waals surface area contributed by atoms with Crippen LogP contribution in [-0.4, -0.2) is 34.9 Å². The number of nitrogens with one attached hydrogen (secondary N) is 1. The third-order valence-corrected chi connectivity index (χ3v) is 8.22. The maximum atomic E-state index is 12.3. The molecule has 0 heterocycles. The number of carbonyl (C=O) groups excluding carboxylic acids is 1. The van der Waals surface area contributed by atoms with Crippen molar-refractivity contribution in [2.75, 3.05) is 6.61 Å². The highest BCUT2D eigenvalue weighted by Crippen LogP contribution is 2.11. The van der Waals surface area contributed by atoms with Crippen LogP contribution in [0.2, 0.25) is 0 Å². The van der Waals surface area contributed by atoms with Gasteiger partial charge in [0.15, 0.2) is 0 Å². The van der Waals surface area contributed by atoms with Crippen molar-refractivity contribution in [3.63, 3.8) is 0 Å². The van der Waals surface area contributed by atoms with Crippen LogP contribution in [0.5, 0.6) is 0 Å². The van der Waals surface area contributed by atoms with E-state index in [0.29, 0.717) is 6.42 Å². The predicted octanol–water partition coefficient (Wildman–Crippen LogP) is 11.4. The molecule has 4 heteroatoms. The Morgan fingerprint density at radius 3 is 1.49 bits per heavy atom. The molecule has 1 amide bonds. The van der Waals surface area contributed by atoms with E-state index < -0.39 is 12.1 Å². The van der Waals surface area contributed by atoms with Crippen LogP contribution in [0.1, 0.15) is 174 Å². The average molecular weight is 628 g/mol. The van der Waals surface area contributed by atoms with Crippen molar-refractivity contribution in [3.05, 3.63) is 60.8 Å². The van der Waals surface area contributed by atoms with Crippen LogP contribution in [0.15, 0.2) is 60.8 Å². The summed E-state index contributed by atoms with van der Waals surface area (Å²) in [5.41, 5.74) is 0. The van der Waals surface area contributed by atoms with Crippen LogP contribution in [0.3, 0.4) is 0 Å². The van der Waals surface area contributed by atoms with Crippen LogP contribution < -0.4 is 5.32 Å². The molecule has 0 aliphatic rings. The van der Waals surface area contributed by atoms with Crippen molar-refractivity contribution in [2.24, 2.45) is 0 Å². The van der Waals surface area contributed by atoms with Gasteiger partial charge < -0.3 is 15.5 Å². The Morgan fingerprint density at radius 1 is 0.533 bits per heavy atom. The molecule has 0 aromatic heterocycles. The molecule has 0 saturated carbocycles. The van der Waals surface area contributed by atoms with E-state index in [1.165, 1.54) is 96.3 Å². The Labute approximate surface area is 279 Å². The van der Waals surface area contributed by atoms with Gasteiger partial charge in [-0.1, -0.05) is 158 Å². The van der Waals surface area contributed by atoms with E-state index >= 15 is 0 Å². The molecule has 0 aliphatic carbocycles. The van der Waals surface area contributed by atoms with Gasteiger partial charge in [-0.05, 0) is 70.6 Å². The van der Waals surface area contributed by atoms with E-state index in [4.69, 9.17) is 0 Å². The van der Waals surface area contributed by atoms with E-state index in [2.05, 4.69) is 67.8 Å². The fraction of sp³-hybridized carbons (Fsp3) is 0.732. The number of hydrogen-bond donors (Lipinski definition) is 3. The minimum absolute atomic E-state index is 0.0902. The molecule has 0 aromatic carbocycles. The van der Waals surface area contributed by atoms with Gasteiger partial charge in [0.1, 0.15) is 0 Å². The molecule has 0 spiro atoms. The van der Waals surface area contributed by atoms with Crippen molar-refractivity contribution in [1.82, 2.24) is 5.32 Å². The fourth-order valence-corrected chi connectivity index (χ4v) is 5.26. The van der Waals surface area contributed by atoms with Crippen LogP contribution in [-0.2, 0) is 4.79 Å². The molecule has 0 radical (unpaired) electrons. The first-order valence-corrected chi connectivity index (χ1v) is 19.0. The number of carbonyl (C=O) groups is 1. The highest BCUT2D eigenvalue weighted by molar-refractivity contribution is 5.76. The molecule has 2 atom stereocenters. The third-order valence-electron chi connectivity index (χ3n) is 8.22. The van der Waals surface area contributed by atoms with Crippen molar-refractivity contribution in [2.45, 2.75) is 187 Å². The lowest BCUT2D eigenvalue weighted by molar-refractivity contribution is -0.123. The minimum atomic E-state index is -0.868. The van der Waals surface area contributed by atoms with Crippen LogP contribution in [0.25, 0.3) is 0 Å². The highest BCUT2D eigenvalue weighted by Gasteiger charge is 2.17. The molecule has 3 N–H and O–H groups in total. The summed E-state index contributed by atoms with van der Waals surface area (Å²) < 4.78 is 0. The molecule has 0 saturated heterocycles. The molecule has 0 aliphatic heterocycles. The van der Waals surface area contributed by atoms with Gasteiger partial charge in [0.25, 0.3) is 0 Å². The summed E-state index contributed by atoms with van der Waals surface area (Å²) in [4.78, 5) is 12.3.